The van der Waals surface area contributed by atoms with E-state index in [1.807, 2.05) is 0 Å². The molecule has 1 aromatic rings. The van der Waals surface area contributed by atoms with Crippen LogP contribution in [0.15, 0.2) is 24.3 Å². The number of nitrogens with one attached hydrogen (secondary N) is 2. The molecule has 1 saturated carbocycles. The van der Waals surface area contributed by atoms with E-state index in [0.717, 1.165) is 25.7 Å². The minimum atomic E-state index is -0.320. The fraction of sp³-hybridized carbons (Fsp3) is 0.500. The molecule has 2 amide bonds. The summed E-state index contributed by atoms with van der Waals surface area (Å²) >= 11 is 0. The van der Waals surface area contributed by atoms with Crippen molar-refractivity contribution >= 4 is 23.5 Å². The summed E-state index contributed by atoms with van der Waals surface area (Å²) in [5.41, 5.74) is 1.08. The summed E-state index contributed by atoms with van der Waals surface area (Å²) in [6, 6.07) is 6.40. The van der Waals surface area contributed by atoms with E-state index >= 15 is 0 Å². The fourth-order valence-corrected chi connectivity index (χ4v) is 2.80. The second kappa shape index (κ2) is 8.47. The van der Waals surface area contributed by atoms with E-state index in [0.29, 0.717) is 11.3 Å². The van der Waals surface area contributed by atoms with Gasteiger partial charge in [-0.15, -0.1) is 0 Å². The maximum Gasteiger partial charge on any atom is 0.338 e. The Bertz CT molecular complexity index is 592. The Morgan fingerprint density at radius 3 is 2.38 bits per heavy atom. The second-order valence-corrected chi connectivity index (χ2v) is 6.24. The lowest BCUT2D eigenvalue weighted by atomic mass is 10.2. The zero-order valence-corrected chi connectivity index (χ0v) is 14.1. The first-order valence-electron chi connectivity index (χ1n) is 8.32. The van der Waals surface area contributed by atoms with E-state index < -0.39 is 0 Å². The topological polar surface area (TPSA) is 84.5 Å². The number of carbonyl (C=O) groups is 3. The van der Waals surface area contributed by atoms with Gasteiger partial charge in [-0.2, -0.15) is 0 Å². The summed E-state index contributed by atoms with van der Waals surface area (Å²) in [6.07, 6.45) is 4.32. The van der Waals surface area contributed by atoms with Crippen LogP contribution >= 0.6 is 0 Å². The van der Waals surface area contributed by atoms with Crippen molar-refractivity contribution < 1.29 is 19.1 Å². The van der Waals surface area contributed by atoms with Gasteiger partial charge in [0.15, 0.2) is 0 Å². The van der Waals surface area contributed by atoms with Crippen LogP contribution in [0, 0.1) is 0 Å². The molecule has 0 radical (unpaired) electrons. The van der Waals surface area contributed by atoms with Gasteiger partial charge in [0.05, 0.1) is 5.56 Å². The van der Waals surface area contributed by atoms with Crippen molar-refractivity contribution in [2.45, 2.75) is 58.1 Å². The van der Waals surface area contributed by atoms with Gasteiger partial charge < -0.3 is 15.4 Å². The van der Waals surface area contributed by atoms with Crippen molar-refractivity contribution in [1.29, 1.82) is 0 Å². The molecule has 0 bridgehead atoms. The first-order chi connectivity index (χ1) is 11.4. The molecule has 1 aromatic carbocycles. The molecule has 130 valence electrons. The molecule has 0 saturated heterocycles. The van der Waals surface area contributed by atoms with Crippen LogP contribution in [0.2, 0.25) is 0 Å². The number of hydrogen-bond acceptors (Lipinski definition) is 4. The fourth-order valence-electron chi connectivity index (χ4n) is 2.80. The quantitative estimate of drug-likeness (QED) is 0.784. The van der Waals surface area contributed by atoms with Gasteiger partial charge in [0.2, 0.25) is 11.8 Å². The highest BCUT2D eigenvalue weighted by atomic mass is 16.5. The highest BCUT2D eigenvalue weighted by molar-refractivity contribution is 5.93. The summed E-state index contributed by atoms with van der Waals surface area (Å²) in [6.45, 7) is 3.18. The van der Waals surface area contributed by atoms with E-state index in [9.17, 15) is 14.4 Å². The molecule has 6 heteroatoms. The van der Waals surface area contributed by atoms with Crippen molar-refractivity contribution in [2.75, 3.05) is 5.32 Å². The standard InChI is InChI=1S/C18H24N2O4/c1-12(19-13(2)21)11-17(22)20-15-9-7-14(8-10-15)18(23)24-16-5-3-4-6-16/h7-10,12,16H,3-6,11H2,1-2H3,(H,19,21)(H,20,22). The van der Waals surface area contributed by atoms with Crippen LogP contribution in [-0.4, -0.2) is 29.9 Å². The largest absolute Gasteiger partial charge is 0.459 e. The molecule has 1 aliphatic rings. The summed E-state index contributed by atoms with van der Waals surface area (Å²) < 4.78 is 5.44. The Hall–Kier alpha value is -2.37. The van der Waals surface area contributed by atoms with Crippen molar-refractivity contribution in [3.8, 4) is 0 Å². The molecule has 0 aliphatic heterocycles. The van der Waals surface area contributed by atoms with Crippen molar-refractivity contribution in [2.24, 2.45) is 0 Å². The molecule has 24 heavy (non-hydrogen) atoms. The number of amides is 2. The SMILES string of the molecule is CC(=O)NC(C)CC(=O)Nc1ccc(C(=O)OC2CCCC2)cc1. The van der Waals surface area contributed by atoms with Crippen molar-refractivity contribution in [1.82, 2.24) is 5.32 Å². The number of benzene rings is 1. The highest BCUT2D eigenvalue weighted by Crippen LogP contribution is 2.22. The smallest absolute Gasteiger partial charge is 0.338 e. The summed E-state index contributed by atoms with van der Waals surface area (Å²) in [5, 5.41) is 5.40. The number of rotatable bonds is 6. The third-order valence-electron chi connectivity index (χ3n) is 3.92. The molecular weight excluding hydrogens is 308 g/mol. The zero-order chi connectivity index (χ0) is 17.5. The van der Waals surface area contributed by atoms with Gasteiger partial charge in [-0.1, -0.05) is 0 Å². The maximum atomic E-state index is 12.0. The molecule has 0 spiro atoms. The average molecular weight is 332 g/mol. The number of carbonyl (C=O) groups excluding carboxylic acids is 3. The Morgan fingerprint density at radius 2 is 1.79 bits per heavy atom. The third-order valence-corrected chi connectivity index (χ3v) is 3.92. The summed E-state index contributed by atoms with van der Waals surface area (Å²) in [7, 11) is 0. The Labute approximate surface area is 142 Å². The molecule has 6 nitrogen and oxygen atoms in total. The summed E-state index contributed by atoms with van der Waals surface area (Å²) in [5.74, 6) is -0.683. The van der Waals surface area contributed by atoms with Crippen LogP contribution in [0.5, 0.6) is 0 Å². The van der Waals surface area contributed by atoms with E-state index in [-0.39, 0.29) is 36.4 Å². The lowest BCUT2D eigenvalue weighted by Gasteiger charge is -2.13. The first kappa shape index (κ1) is 18.0. The number of esters is 1. The molecule has 0 aromatic heterocycles. The van der Waals surface area contributed by atoms with Crippen LogP contribution in [0.25, 0.3) is 0 Å². The van der Waals surface area contributed by atoms with E-state index in [2.05, 4.69) is 10.6 Å². The van der Waals surface area contributed by atoms with Crippen LogP contribution in [0.4, 0.5) is 5.69 Å². The Balaban J connectivity index is 1.83. The number of ether oxygens (including phenoxy) is 1. The van der Waals surface area contributed by atoms with Gasteiger partial charge in [-0.25, -0.2) is 4.79 Å². The molecule has 2 rings (SSSR count). The predicted octanol–water partition coefficient (Wildman–Crippen LogP) is 2.64. The minimum absolute atomic E-state index is 0.0344. The van der Waals surface area contributed by atoms with Gasteiger partial charge in [0.1, 0.15) is 6.10 Å². The predicted molar refractivity (Wildman–Crippen MR) is 90.6 cm³/mol. The Kier molecular flexibility index (Phi) is 6.35. The van der Waals surface area contributed by atoms with Gasteiger partial charge in [-0.3, -0.25) is 9.59 Å². The number of hydrogen-bond donors (Lipinski definition) is 2. The molecule has 1 fully saturated rings. The molecule has 1 unspecified atom stereocenters. The van der Waals surface area contributed by atoms with Crippen molar-refractivity contribution in [3.05, 3.63) is 29.8 Å². The van der Waals surface area contributed by atoms with Crippen LogP contribution in [0.3, 0.4) is 0 Å². The first-order valence-corrected chi connectivity index (χ1v) is 8.32. The zero-order valence-electron chi connectivity index (χ0n) is 14.1. The van der Waals surface area contributed by atoms with E-state index in [1.54, 1.807) is 31.2 Å². The van der Waals surface area contributed by atoms with Crippen LogP contribution in [0.1, 0.15) is 56.3 Å². The average Bonchev–Trinajstić information content (AvgIpc) is 2.99. The van der Waals surface area contributed by atoms with Gasteiger partial charge >= 0.3 is 5.97 Å². The number of anilines is 1. The van der Waals surface area contributed by atoms with Gasteiger partial charge in [-0.05, 0) is 56.9 Å². The monoisotopic (exact) mass is 332 g/mol. The molecule has 2 N–H and O–H groups in total. The van der Waals surface area contributed by atoms with Gasteiger partial charge in [0, 0.05) is 25.1 Å². The lowest BCUT2D eigenvalue weighted by Crippen LogP contribution is -2.33. The highest BCUT2D eigenvalue weighted by Gasteiger charge is 2.20. The maximum absolute atomic E-state index is 12.0. The Morgan fingerprint density at radius 1 is 1.17 bits per heavy atom. The molecule has 1 aliphatic carbocycles. The third kappa shape index (κ3) is 5.68. The van der Waals surface area contributed by atoms with E-state index in [4.69, 9.17) is 4.74 Å². The second-order valence-electron chi connectivity index (χ2n) is 6.24. The van der Waals surface area contributed by atoms with Crippen LogP contribution < -0.4 is 10.6 Å². The minimum Gasteiger partial charge on any atom is -0.459 e. The van der Waals surface area contributed by atoms with Crippen LogP contribution in [-0.2, 0) is 14.3 Å². The lowest BCUT2D eigenvalue weighted by molar-refractivity contribution is -0.120. The van der Waals surface area contributed by atoms with E-state index in [1.165, 1.54) is 6.92 Å². The summed E-state index contributed by atoms with van der Waals surface area (Å²) in [4.78, 5) is 34.9. The molecular formula is C18H24N2O4. The molecule has 1 atom stereocenters. The van der Waals surface area contributed by atoms with Gasteiger partial charge in [0.25, 0.3) is 0 Å². The normalized spacial score (nSPS) is 15.6. The van der Waals surface area contributed by atoms with Crippen molar-refractivity contribution in [3.63, 3.8) is 0 Å². The molecule has 0 heterocycles.